The van der Waals surface area contributed by atoms with E-state index in [0.29, 0.717) is 16.8 Å². The molecule has 5 nitrogen and oxygen atoms in total. The van der Waals surface area contributed by atoms with Crippen molar-refractivity contribution in [2.75, 3.05) is 23.8 Å². The first-order chi connectivity index (χ1) is 11.5. The van der Waals surface area contributed by atoms with E-state index in [1.165, 1.54) is 6.92 Å². The molecule has 24 heavy (non-hydrogen) atoms. The third-order valence-electron chi connectivity index (χ3n) is 3.78. The van der Waals surface area contributed by atoms with Gasteiger partial charge in [0, 0.05) is 31.0 Å². The van der Waals surface area contributed by atoms with E-state index in [0.717, 1.165) is 25.2 Å². The molecule has 126 valence electrons. The van der Waals surface area contributed by atoms with Crippen molar-refractivity contribution in [2.24, 2.45) is 0 Å². The van der Waals surface area contributed by atoms with Gasteiger partial charge in [-0.05, 0) is 37.6 Å². The number of carbonyl (C=O) groups is 2. The summed E-state index contributed by atoms with van der Waals surface area (Å²) in [6.45, 7) is 4.58. The molecule has 0 aliphatic carbocycles. The van der Waals surface area contributed by atoms with E-state index >= 15 is 0 Å². The Bertz CT molecular complexity index is 711. The van der Waals surface area contributed by atoms with E-state index in [4.69, 9.17) is 0 Å². The molecule has 0 aliphatic rings. The minimum absolute atomic E-state index is 0.0350. The zero-order valence-electron chi connectivity index (χ0n) is 14.4. The number of hydrogen-bond acceptors (Lipinski definition) is 4. The number of rotatable bonds is 7. The summed E-state index contributed by atoms with van der Waals surface area (Å²) in [5.74, 6) is 0.566. The minimum atomic E-state index is -0.244. The Labute approximate surface area is 142 Å². The summed E-state index contributed by atoms with van der Waals surface area (Å²) in [7, 11) is 1.99. The molecular formula is C19H23N3O2. The number of hydrogen-bond donors (Lipinski definition) is 1. The number of pyridine rings is 1. The molecule has 0 spiro atoms. The number of anilines is 2. The van der Waals surface area contributed by atoms with Crippen molar-refractivity contribution in [1.29, 1.82) is 0 Å². The smallest absolute Gasteiger partial charge is 0.257 e. The van der Waals surface area contributed by atoms with Crippen LogP contribution in [0.15, 0.2) is 42.6 Å². The molecule has 0 unspecified atom stereocenters. The van der Waals surface area contributed by atoms with Gasteiger partial charge in [-0.15, -0.1) is 0 Å². The number of nitrogens with one attached hydrogen (secondary N) is 1. The van der Waals surface area contributed by atoms with Crippen LogP contribution in [0, 0.1) is 0 Å². The number of nitrogens with zero attached hydrogens (tertiary/aromatic N) is 2. The van der Waals surface area contributed by atoms with E-state index < -0.39 is 0 Å². The lowest BCUT2D eigenvalue weighted by molar-refractivity contribution is 0.101. The van der Waals surface area contributed by atoms with E-state index in [-0.39, 0.29) is 11.7 Å². The first-order valence-corrected chi connectivity index (χ1v) is 8.10. The predicted octanol–water partition coefficient (Wildman–Crippen LogP) is 3.77. The largest absolute Gasteiger partial charge is 0.360 e. The van der Waals surface area contributed by atoms with E-state index in [2.05, 4.69) is 22.1 Å². The highest BCUT2D eigenvalue weighted by Crippen LogP contribution is 2.14. The fourth-order valence-electron chi connectivity index (χ4n) is 2.28. The van der Waals surface area contributed by atoms with Crippen LogP contribution in [0.5, 0.6) is 0 Å². The van der Waals surface area contributed by atoms with Gasteiger partial charge >= 0.3 is 0 Å². The first kappa shape index (κ1) is 17.7. The second-order valence-corrected chi connectivity index (χ2v) is 5.77. The Hall–Kier alpha value is -2.69. The molecule has 0 bridgehead atoms. The maximum Gasteiger partial charge on any atom is 0.257 e. The molecule has 1 aromatic heterocycles. The van der Waals surface area contributed by atoms with E-state index in [1.54, 1.807) is 36.5 Å². The Morgan fingerprint density at radius 3 is 2.58 bits per heavy atom. The Kier molecular flexibility index (Phi) is 6.07. The molecule has 1 heterocycles. The highest BCUT2D eigenvalue weighted by atomic mass is 16.1. The Morgan fingerprint density at radius 2 is 1.96 bits per heavy atom. The summed E-state index contributed by atoms with van der Waals surface area (Å²) < 4.78 is 0. The molecule has 0 saturated heterocycles. The highest BCUT2D eigenvalue weighted by molar-refractivity contribution is 6.05. The lowest BCUT2D eigenvalue weighted by atomic mass is 10.1. The molecule has 0 radical (unpaired) electrons. The third kappa shape index (κ3) is 4.65. The minimum Gasteiger partial charge on any atom is -0.360 e. The number of ketones is 1. The van der Waals surface area contributed by atoms with Crippen LogP contribution in [0.25, 0.3) is 0 Å². The molecule has 5 heteroatoms. The van der Waals surface area contributed by atoms with Crippen LogP contribution in [0.4, 0.5) is 11.5 Å². The Morgan fingerprint density at radius 1 is 1.17 bits per heavy atom. The van der Waals surface area contributed by atoms with Crippen LogP contribution < -0.4 is 10.2 Å². The van der Waals surface area contributed by atoms with Crippen LogP contribution in [-0.2, 0) is 0 Å². The quantitative estimate of drug-likeness (QED) is 0.787. The third-order valence-corrected chi connectivity index (χ3v) is 3.78. The Balaban J connectivity index is 2.05. The SMILES string of the molecule is CCCCN(C)c1ccc(C(=O)Nc2cccc(C(C)=O)c2)cn1. The maximum atomic E-state index is 12.3. The van der Waals surface area contributed by atoms with Crippen LogP contribution in [-0.4, -0.2) is 30.3 Å². The molecule has 0 aliphatic heterocycles. The fraction of sp³-hybridized carbons (Fsp3) is 0.316. The van der Waals surface area contributed by atoms with Gasteiger partial charge in [-0.3, -0.25) is 9.59 Å². The summed E-state index contributed by atoms with van der Waals surface area (Å²) in [5, 5.41) is 2.79. The number of benzene rings is 1. The number of unbranched alkanes of at least 4 members (excludes halogenated alkanes) is 1. The van der Waals surface area contributed by atoms with Crippen LogP contribution in [0.3, 0.4) is 0 Å². The van der Waals surface area contributed by atoms with Crippen molar-refractivity contribution in [1.82, 2.24) is 4.98 Å². The average Bonchev–Trinajstić information content (AvgIpc) is 2.60. The summed E-state index contributed by atoms with van der Waals surface area (Å²) in [6, 6.07) is 10.5. The number of amides is 1. The van der Waals surface area contributed by atoms with Crippen LogP contribution in [0.2, 0.25) is 0 Å². The molecule has 0 atom stereocenters. The van der Waals surface area contributed by atoms with Gasteiger partial charge in [-0.1, -0.05) is 25.5 Å². The van der Waals surface area contributed by atoms with Crippen molar-refractivity contribution in [3.8, 4) is 0 Å². The molecule has 1 aromatic carbocycles. The summed E-state index contributed by atoms with van der Waals surface area (Å²) >= 11 is 0. The van der Waals surface area contributed by atoms with E-state index in [1.807, 2.05) is 13.1 Å². The summed E-state index contributed by atoms with van der Waals surface area (Å²) in [5.41, 5.74) is 1.64. The number of aromatic nitrogens is 1. The van der Waals surface area contributed by atoms with Crippen molar-refractivity contribution in [3.63, 3.8) is 0 Å². The molecule has 1 N–H and O–H groups in total. The lowest BCUT2D eigenvalue weighted by Gasteiger charge is -2.17. The number of carbonyl (C=O) groups excluding carboxylic acids is 2. The zero-order chi connectivity index (χ0) is 17.5. The monoisotopic (exact) mass is 325 g/mol. The van der Waals surface area contributed by atoms with Gasteiger partial charge in [0.1, 0.15) is 5.82 Å². The summed E-state index contributed by atoms with van der Waals surface area (Å²) in [4.78, 5) is 30.1. The van der Waals surface area contributed by atoms with Crippen LogP contribution in [0.1, 0.15) is 47.4 Å². The molecule has 2 aromatic rings. The topological polar surface area (TPSA) is 62.3 Å². The zero-order valence-corrected chi connectivity index (χ0v) is 14.4. The second kappa shape index (κ2) is 8.24. The first-order valence-electron chi connectivity index (χ1n) is 8.10. The second-order valence-electron chi connectivity index (χ2n) is 5.77. The standard InChI is InChI=1S/C19H23N3O2/c1-4-5-11-22(3)18-10-9-16(13-20-18)19(24)21-17-8-6-7-15(12-17)14(2)23/h6-10,12-13H,4-5,11H2,1-3H3,(H,21,24). The van der Waals surface area contributed by atoms with Crippen molar-refractivity contribution < 1.29 is 9.59 Å². The molecule has 2 rings (SSSR count). The molecule has 0 saturated carbocycles. The van der Waals surface area contributed by atoms with Gasteiger partial charge < -0.3 is 10.2 Å². The normalized spacial score (nSPS) is 10.3. The van der Waals surface area contributed by atoms with Gasteiger partial charge in [0.25, 0.3) is 5.91 Å². The van der Waals surface area contributed by atoms with Gasteiger partial charge in [0.05, 0.1) is 5.56 Å². The molecule has 1 amide bonds. The number of Topliss-reactive ketones (excluding diaryl/α,β-unsaturated/α-hetero) is 1. The van der Waals surface area contributed by atoms with E-state index in [9.17, 15) is 9.59 Å². The predicted molar refractivity (Wildman–Crippen MR) is 96.8 cm³/mol. The van der Waals surface area contributed by atoms with Gasteiger partial charge in [0.15, 0.2) is 5.78 Å². The molecule has 0 fully saturated rings. The van der Waals surface area contributed by atoms with Crippen molar-refractivity contribution in [2.45, 2.75) is 26.7 Å². The summed E-state index contributed by atoms with van der Waals surface area (Å²) in [6.07, 6.45) is 3.80. The maximum absolute atomic E-state index is 12.3. The van der Waals surface area contributed by atoms with Crippen molar-refractivity contribution in [3.05, 3.63) is 53.7 Å². The van der Waals surface area contributed by atoms with Gasteiger partial charge in [-0.2, -0.15) is 0 Å². The average molecular weight is 325 g/mol. The van der Waals surface area contributed by atoms with Gasteiger partial charge in [-0.25, -0.2) is 4.98 Å². The highest BCUT2D eigenvalue weighted by Gasteiger charge is 2.09. The van der Waals surface area contributed by atoms with Crippen molar-refractivity contribution >= 4 is 23.2 Å². The fourth-order valence-corrected chi connectivity index (χ4v) is 2.28. The lowest BCUT2D eigenvalue weighted by Crippen LogP contribution is -2.20. The van der Waals surface area contributed by atoms with Gasteiger partial charge in [0.2, 0.25) is 0 Å². The molecular weight excluding hydrogens is 302 g/mol. The van der Waals surface area contributed by atoms with Crippen LogP contribution >= 0.6 is 0 Å².